The van der Waals surface area contributed by atoms with Crippen LogP contribution in [0.3, 0.4) is 0 Å². The normalized spacial score (nSPS) is 15.5. The lowest BCUT2D eigenvalue weighted by molar-refractivity contribution is 0.307. The Morgan fingerprint density at radius 3 is 2.41 bits per heavy atom. The van der Waals surface area contributed by atoms with Gasteiger partial charge in [0.15, 0.2) is 0 Å². The van der Waals surface area contributed by atoms with Crippen molar-refractivity contribution in [2.24, 2.45) is 5.92 Å². The van der Waals surface area contributed by atoms with E-state index in [2.05, 4.69) is 29.6 Å². The van der Waals surface area contributed by atoms with Gasteiger partial charge in [0.1, 0.15) is 12.4 Å². The van der Waals surface area contributed by atoms with E-state index in [0.717, 1.165) is 23.9 Å². The zero-order valence-electron chi connectivity index (χ0n) is 13.1. The SMILES string of the molecule is c1ccc(COc2ccccc2NCC2CCCCC2)cc1. The predicted molar refractivity (Wildman–Crippen MR) is 92.3 cm³/mol. The molecule has 1 aliphatic rings. The van der Waals surface area contributed by atoms with E-state index in [9.17, 15) is 0 Å². The maximum absolute atomic E-state index is 6.00. The molecule has 116 valence electrons. The smallest absolute Gasteiger partial charge is 0.142 e. The van der Waals surface area contributed by atoms with Crippen LogP contribution < -0.4 is 10.1 Å². The Morgan fingerprint density at radius 2 is 1.59 bits per heavy atom. The Balaban J connectivity index is 1.57. The number of ether oxygens (including phenoxy) is 1. The average Bonchev–Trinajstić information content (AvgIpc) is 2.61. The first-order valence-corrected chi connectivity index (χ1v) is 8.41. The minimum Gasteiger partial charge on any atom is -0.487 e. The monoisotopic (exact) mass is 295 g/mol. The van der Waals surface area contributed by atoms with Crippen molar-refractivity contribution in [3.05, 3.63) is 60.2 Å². The second-order valence-corrected chi connectivity index (χ2v) is 6.16. The molecule has 3 rings (SSSR count). The highest BCUT2D eigenvalue weighted by Crippen LogP contribution is 2.28. The summed E-state index contributed by atoms with van der Waals surface area (Å²) in [5, 5.41) is 3.59. The van der Waals surface area contributed by atoms with E-state index in [4.69, 9.17) is 4.74 Å². The summed E-state index contributed by atoms with van der Waals surface area (Å²) in [6, 6.07) is 18.6. The summed E-state index contributed by atoms with van der Waals surface area (Å²) in [6.07, 6.45) is 6.91. The van der Waals surface area contributed by atoms with Crippen molar-refractivity contribution >= 4 is 5.69 Å². The van der Waals surface area contributed by atoms with Crippen LogP contribution in [-0.2, 0) is 6.61 Å². The van der Waals surface area contributed by atoms with Gasteiger partial charge in [-0.1, -0.05) is 61.7 Å². The fourth-order valence-corrected chi connectivity index (χ4v) is 3.12. The molecule has 2 aromatic carbocycles. The van der Waals surface area contributed by atoms with Gasteiger partial charge in [-0.2, -0.15) is 0 Å². The number of anilines is 1. The molecule has 0 heterocycles. The molecule has 0 unspecified atom stereocenters. The number of hydrogen-bond acceptors (Lipinski definition) is 2. The van der Waals surface area contributed by atoms with Crippen molar-refractivity contribution in [1.82, 2.24) is 0 Å². The van der Waals surface area contributed by atoms with Gasteiger partial charge in [0.2, 0.25) is 0 Å². The summed E-state index contributed by atoms with van der Waals surface area (Å²) in [6.45, 7) is 1.68. The molecule has 1 fully saturated rings. The summed E-state index contributed by atoms with van der Waals surface area (Å²) < 4.78 is 6.00. The topological polar surface area (TPSA) is 21.3 Å². The lowest BCUT2D eigenvalue weighted by atomic mass is 9.89. The molecule has 1 saturated carbocycles. The van der Waals surface area contributed by atoms with Crippen LogP contribution in [0.15, 0.2) is 54.6 Å². The minimum atomic E-state index is 0.614. The van der Waals surface area contributed by atoms with Crippen LogP contribution in [0.2, 0.25) is 0 Å². The van der Waals surface area contributed by atoms with E-state index >= 15 is 0 Å². The maximum Gasteiger partial charge on any atom is 0.142 e. The van der Waals surface area contributed by atoms with E-state index in [1.54, 1.807) is 0 Å². The van der Waals surface area contributed by atoms with Crippen molar-refractivity contribution in [2.75, 3.05) is 11.9 Å². The summed E-state index contributed by atoms with van der Waals surface area (Å²) in [7, 11) is 0. The summed E-state index contributed by atoms with van der Waals surface area (Å²) in [5.41, 5.74) is 2.31. The molecule has 22 heavy (non-hydrogen) atoms. The third-order valence-electron chi connectivity index (χ3n) is 4.43. The number of nitrogens with one attached hydrogen (secondary N) is 1. The largest absolute Gasteiger partial charge is 0.487 e. The summed E-state index contributed by atoms with van der Waals surface area (Å²) >= 11 is 0. The number of hydrogen-bond donors (Lipinski definition) is 1. The van der Waals surface area contributed by atoms with Gasteiger partial charge in [-0.25, -0.2) is 0 Å². The van der Waals surface area contributed by atoms with Gasteiger partial charge < -0.3 is 10.1 Å². The lowest BCUT2D eigenvalue weighted by Gasteiger charge is -2.23. The quantitative estimate of drug-likeness (QED) is 0.785. The Labute approximate surface area is 133 Å². The van der Waals surface area contributed by atoms with Crippen LogP contribution in [0.1, 0.15) is 37.7 Å². The zero-order chi connectivity index (χ0) is 15.0. The zero-order valence-corrected chi connectivity index (χ0v) is 13.1. The molecule has 2 heteroatoms. The van der Waals surface area contributed by atoms with Gasteiger partial charge in [-0.15, -0.1) is 0 Å². The first kappa shape index (κ1) is 15.0. The third kappa shape index (κ3) is 4.27. The van der Waals surface area contributed by atoms with Gasteiger partial charge in [0.25, 0.3) is 0 Å². The molecular weight excluding hydrogens is 270 g/mol. The van der Waals surface area contributed by atoms with Crippen LogP contribution in [0.5, 0.6) is 5.75 Å². The molecule has 0 amide bonds. The minimum absolute atomic E-state index is 0.614. The molecule has 0 radical (unpaired) electrons. The Morgan fingerprint density at radius 1 is 0.864 bits per heavy atom. The molecule has 1 N–H and O–H groups in total. The van der Waals surface area contributed by atoms with Crippen LogP contribution in [0.4, 0.5) is 5.69 Å². The van der Waals surface area contributed by atoms with Crippen LogP contribution in [0, 0.1) is 5.92 Å². The molecule has 0 aromatic heterocycles. The van der Waals surface area contributed by atoms with Crippen LogP contribution >= 0.6 is 0 Å². The first-order valence-electron chi connectivity index (χ1n) is 8.41. The van der Waals surface area contributed by atoms with Gasteiger partial charge in [-0.05, 0) is 36.5 Å². The molecule has 2 nitrogen and oxygen atoms in total. The van der Waals surface area contributed by atoms with Crippen LogP contribution in [0.25, 0.3) is 0 Å². The summed E-state index contributed by atoms with van der Waals surface area (Å²) in [5.74, 6) is 1.76. The second kappa shape index (κ2) is 7.88. The van der Waals surface area contributed by atoms with Crippen molar-refractivity contribution in [3.63, 3.8) is 0 Å². The number of para-hydroxylation sites is 2. The molecule has 0 spiro atoms. The summed E-state index contributed by atoms with van der Waals surface area (Å²) in [4.78, 5) is 0. The van der Waals surface area contributed by atoms with Gasteiger partial charge in [-0.3, -0.25) is 0 Å². The maximum atomic E-state index is 6.00. The predicted octanol–water partition coefficient (Wildman–Crippen LogP) is 5.26. The molecule has 0 bridgehead atoms. The highest BCUT2D eigenvalue weighted by molar-refractivity contribution is 5.56. The highest BCUT2D eigenvalue weighted by atomic mass is 16.5. The van der Waals surface area contributed by atoms with Gasteiger partial charge in [0, 0.05) is 6.54 Å². The van der Waals surface area contributed by atoms with E-state index in [1.165, 1.54) is 37.7 Å². The van der Waals surface area contributed by atoms with Crippen molar-refractivity contribution < 1.29 is 4.74 Å². The molecule has 0 atom stereocenters. The molecule has 0 aliphatic heterocycles. The number of benzene rings is 2. The van der Waals surface area contributed by atoms with Crippen molar-refractivity contribution in [1.29, 1.82) is 0 Å². The van der Waals surface area contributed by atoms with Crippen molar-refractivity contribution in [2.45, 2.75) is 38.7 Å². The highest BCUT2D eigenvalue weighted by Gasteiger charge is 2.13. The molecule has 2 aromatic rings. The molecular formula is C20H25NO. The van der Waals surface area contributed by atoms with Crippen molar-refractivity contribution in [3.8, 4) is 5.75 Å². The van der Waals surface area contributed by atoms with E-state index in [1.807, 2.05) is 30.3 Å². The fraction of sp³-hybridized carbons (Fsp3) is 0.400. The van der Waals surface area contributed by atoms with E-state index in [-0.39, 0.29) is 0 Å². The third-order valence-corrected chi connectivity index (χ3v) is 4.43. The van der Waals surface area contributed by atoms with Gasteiger partial charge >= 0.3 is 0 Å². The van der Waals surface area contributed by atoms with E-state index < -0.39 is 0 Å². The average molecular weight is 295 g/mol. The number of rotatable bonds is 6. The second-order valence-electron chi connectivity index (χ2n) is 6.16. The Bertz CT molecular complexity index is 561. The lowest BCUT2D eigenvalue weighted by Crippen LogP contribution is -2.17. The first-order chi connectivity index (χ1) is 10.9. The standard InChI is InChI=1S/C20H25NO/c1-3-9-17(10-4-1)15-21-19-13-7-8-14-20(19)22-16-18-11-5-2-6-12-18/h2,5-8,11-14,17,21H,1,3-4,9-10,15-16H2. The fourth-order valence-electron chi connectivity index (χ4n) is 3.12. The van der Waals surface area contributed by atoms with Crippen LogP contribution in [-0.4, -0.2) is 6.54 Å². The molecule has 1 aliphatic carbocycles. The van der Waals surface area contributed by atoms with Gasteiger partial charge in [0.05, 0.1) is 5.69 Å². The molecule has 0 saturated heterocycles. The Kier molecular flexibility index (Phi) is 5.36. The Hall–Kier alpha value is -1.96. The van der Waals surface area contributed by atoms with E-state index in [0.29, 0.717) is 6.61 Å².